The van der Waals surface area contributed by atoms with Crippen LogP contribution in [-0.4, -0.2) is 54.5 Å². The molecule has 8 nitrogen and oxygen atoms in total. The second-order valence-corrected chi connectivity index (χ2v) is 11.9. The lowest BCUT2D eigenvalue weighted by molar-refractivity contribution is -0.119. The number of benzene rings is 3. The number of hydrogen-bond donors (Lipinski definition) is 1. The SMILES string of the molecule is COc1ccc(S(=O)(=O)N(CC(=O)NCCCSCc2ccccc2C)c2cc(Cl)ccc2OC)cc1OC. The number of thioether (sulfide) groups is 1. The third kappa shape index (κ3) is 7.97. The van der Waals surface area contributed by atoms with E-state index in [0.717, 1.165) is 22.2 Å². The Morgan fingerprint density at radius 2 is 1.64 bits per heavy atom. The molecule has 0 unspecified atom stereocenters. The summed E-state index contributed by atoms with van der Waals surface area (Å²) in [5.41, 5.74) is 2.69. The molecular formula is C28H33ClN2O6S2. The first kappa shape index (κ1) is 30.5. The molecule has 0 bridgehead atoms. The Kier molecular flexibility index (Phi) is 11.2. The smallest absolute Gasteiger partial charge is 0.265 e. The molecule has 1 N–H and O–H groups in total. The van der Waals surface area contributed by atoms with Gasteiger partial charge in [-0.1, -0.05) is 35.9 Å². The molecule has 0 aliphatic heterocycles. The van der Waals surface area contributed by atoms with E-state index < -0.39 is 22.5 Å². The van der Waals surface area contributed by atoms with Crippen molar-refractivity contribution in [2.24, 2.45) is 0 Å². The van der Waals surface area contributed by atoms with Crippen LogP contribution in [0.2, 0.25) is 5.02 Å². The van der Waals surface area contributed by atoms with Crippen LogP contribution in [0.4, 0.5) is 5.69 Å². The largest absolute Gasteiger partial charge is 0.495 e. The highest BCUT2D eigenvalue weighted by Gasteiger charge is 2.30. The number of aryl methyl sites for hydroxylation is 1. The monoisotopic (exact) mass is 592 g/mol. The lowest BCUT2D eigenvalue weighted by atomic mass is 10.1. The van der Waals surface area contributed by atoms with Crippen LogP contribution in [0.15, 0.2) is 65.6 Å². The molecule has 39 heavy (non-hydrogen) atoms. The predicted molar refractivity (Wildman–Crippen MR) is 157 cm³/mol. The van der Waals surface area contributed by atoms with E-state index >= 15 is 0 Å². The maximum atomic E-state index is 13.8. The van der Waals surface area contributed by atoms with Gasteiger partial charge in [0.05, 0.1) is 31.9 Å². The Balaban J connectivity index is 1.74. The summed E-state index contributed by atoms with van der Waals surface area (Å²) in [6.07, 6.45) is 0.741. The zero-order valence-corrected chi connectivity index (χ0v) is 24.8. The van der Waals surface area contributed by atoms with Gasteiger partial charge in [-0.3, -0.25) is 9.10 Å². The molecule has 0 saturated carbocycles. The highest BCUT2D eigenvalue weighted by Crippen LogP contribution is 2.37. The molecule has 0 aromatic heterocycles. The number of ether oxygens (including phenoxy) is 3. The summed E-state index contributed by atoms with van der Waals surface area (Å²) < 4.78 is 44.6. The summed E-state index contributed by atoms with van der Waals surface area (Å²) in [4.78, 5) is 12.9. The number of anilines is 1. The number of sulfonamides is 1. The normalized spacial score (nSPS) is 11.1. The van der Waals surface area contributed by atoms with E-state index in [1.807, 2.05) is 12.1 Å². The van der Waals surface area contributed by atoms with Gasteiger partial charge in [0.25, 0.3) is 10.0 Å². The maximum absolute atomic E-state index is 13.8. The van der Waals surface area contributed by atoms with Crippen molar-refractivity contribution >= 4 is 45.0 Å². The van der Waals surface area contributed by atoms with Gasteiger partial charge in [0, 0.05) is 23.4 Å². The van der Waals surface area contributed by atoms with Crippen molar-refractivity contribution in [2.45, 2.75) is 24.0 Å². The predicted octanol–water partition coefficient (Wildman–Crippen LogP) is 5.31. The third-order valence-electron chi connectivity index (χ3n) is 5.95. The van der Waals surface area contributed by atoms with E-state index in [4.69, 9.17) is 25.8 Å². The van der Waals surface area contributed by atoms with Crippen LogP contribution >= 0.6 is 23.4 Å². The zero-order chi connectivity index (χ0) is 28.4. The molecule has 3 rings (SSSR count). The molecule has 1 amide bonds. The molecule has 0 atom stereocenters. The van der Waals surface area contributed by atoms with Gasteiger partial charge in [0.15, 0.2) is 11.5 Å². The Morgan fingerprint density at radius 1 is 0.949 bits per heavy atom. The number of nitrogens with one attached hydrogen (secondary N) is 1. The maximum Gasteiger partial charge on any atom is 0.265 e. The Bertz CT molecular complexity index is 1380. The first-order chi connectivity index (χ1) is 18.7. The van der Waals surface area contributed by atoms with Crippen LogP contribution in [0.3, 0.4) is 0 Å². The zero-order valence-electron chi connectivity index (χ0n) is 22.4. The molecule has 11 heteroatoms. The minimum absolute atomic E-state index is 0.0809. The van der Waals surface area contributed by atoms with Crippen LogP contribution in [0.5, 0.6) is 17.2 Å². The first-order valence-corrected chi connectivity index (χ1v) is 15.2. The molecule has 0 aliphatic carbocycles. The number of nitrogens with zero attached hydrogens (tertiary/aromatic N) is 1. The van der Waals surface area contributed by atoms with E-state index in [1.54, 1.807) is 23.9 Å². The molecule has 0 fully saturated rings. The molecule has 0 spiro atoms. The molecule has 0 radical (unpaired) electrons. The second kappa shape index (κ2) is 14.3. The molecular weight excluding hydrogens is 560 g/mol. The van der Waals surface area contributed by atoms with Gasteiger partial charge in [-0.2, -0.15) is 11.8 Å². The average Bonchev–Trinajstić information content (AvgIpc) is 2.93. The van der Waals surface area contributed by atoms with Gasteiger partial charge in [-0.25, -0.2) is 8.42 Å². The summed E-state index contributed by atoms with van der Waals surface area (Å²) in [6.45, 7) is 2.03. The summed E-state index contributed by atoms with van der Waals surface area (Å²) in [7, 11) is 0.0579. The number of amides is 1. The van der Waals surface area contributed by atoms with Crippen LogP contribution in [0, 0.1) is 6.92 Å². The number of carbonyl (C=O) groups excluding carboxylic acids is 1. The van der Waals surface area contributed by atoms with Crippen molar-refractivity contribution in [3.63, 3.8) is 0 Å². The molecule has 3 aromatic carbocycles. The fourth-order valence-corrected chi connectivity index (χ4v) is 6.45. The third-order valence-corrected chi connectivity index (χ3v) is 9.03. The van der Waals surface area contributed by atoms with Crippen molar-refractivity contribution in [1.29, 1.82) is 0 Å². The van der Waals surface area contributed by atoms with E-state index in [9.17, 15) is 13.2 Å². The Hall–Kier alpha value is -3.08. The fraction of sp³-hybridized carbons (Fsp3) is 0.321. The van der Waals surface area contributed by atoms with Crippen LogP contribution in [0.1, 0.15) is 17.5 Å². The van der Waals surface area contributed by atoms with Crippen LogP contribution in [0.25, 0.3) is 0 Å². The van der Waals surface area contributed by atoms with Gasteiger partial charge in [0.1, 0.15) is 12.3 Å². The summed E-state index contributed by atoms with van der Waals surface area (Å²) >= 11 is 7.99. The van der Waals surface area contributed by atoms with Crippen molar-refractivity contribution in [2.75, 3.05) is 44.5 Å². The van der Waals surface area contributed by atoms with Gasteiger partial charge < -0.3 is 19.5 Å². The highest BCUT2D eigenvalue weighted by atomic mass is 35.5. The second-order valence-electron chi connectivity index (χ2n) is 8.53. The van der Waals surface area contributed by atoms with E-state index in [-0.39, 0.29) is 22.1 Å². The van der Waals surface area contributed by atoms with Gasteiger partial charge in [-0.15, -0.1) is 0 Å². The number of hydrogen-bond acceptors (Lipinski definition) is 7. The highest BCUT2D eigenvalue weighted by molar-refractivity contribution is 7.98. The fourth-order valence-electron chi connectivity index (χ4n) is 3.80. The van der Waals surface area contributed by atoms with E-state index in [2.05, 4.69) is 24.4 Å². The van der Waals surface area contributed by atoms with E-state index in [0.29, 0.717) is 17.3 Å². The average molecular weight is 593 g/mol. The minimum Gasteiger partial charge on any atom is -0.495 e. The number of halogens is 1. The summed E-state index contributed by atoms with van der Waals surface area (Å²) in [5.74, 6) is 2.16. The van der Waals surface area contributed by atoms with Gasteiger partial charge >= 0.3 is 0 Å². The number of methoxy groups -OCH3 is 3. The number of rotatable bonds is 14. The molecule has 210 valence electrons. The quantitative estimate of drug-likeness (QED) is 0.254. The van der Waals surface area contributed by atoms with Gasteiger partial charge in [-0.05, 0) is 60.6 Å². The lowest BCUT2D eigenvalue weighted by Crippen LogP contribution is -2.41. The van der Waals surface area contributed by atoms with E-state index in [1.165, 1.54) is 56.7 Å². The van der Waals surface area contributed by atoms with Crippen LogP contribution < -0.4 is 23.8 Å². The van der Waals surface area contributed by atoms with Crippen molar-refractivity contribution < 1.29 is 27.4 Å². The Labute approximate surface area is 239 Å². The number of carbonyl (C=O) groups is 1. The van der Waals surface area contributed by atoms with Gasteiger partial charge in [0.2, 0.25) is 5.91 Å². The molecule has 0 saturated heterocycles. The molecule has 3 aromatic rings. The molecule has 0 aliphatic rings. The van der Waals surface area contributed by atoms with Crippen molar-refractivity contribution in [3.05, 3.63) is 76.8 Å². The van der Waals surface area contributed by atoms with Crippen LogP contribution in [-0.2, 0) is 20.6 Å². The molecule has 0 heterocycles. The summed E-state index contributed by atoms with van der Waals surface area (Å²) in [6, 6.07) is 17.1. The summed E-state index contributed by atoms with van der Waals surface area (Å²) in [5, 5.41) is 3.13. The van der Waals surface area contributed by atoms with Crippen molar-refractivity contribution in [1.82, 2.24) is 5.32 Å². The standard InChI is InChI=1S/C28H33ClN2O6S2/c1-20-8-5-6-9-21(20)19-38-15-7-14-30-28(32)18-31(24-16-22(29)10-12-25(24)35-2)39(33,34)23-11-13-26(36-3)27(17-23)37-4/h5-6,8-13,16-17H,7,14-15,18-19H2,1-4H3,(H,30,32). The lowest BCUT2D eigenvalue weighted by Gasteiger charge is -2.26. The minimum atomic E-state index is -4.24. The topological polar surface area (TPSA) is 94.2 Å². The Morgan fingerprint density at radius 3 is 2.33 bits per heavy atom. The first-order valence-electron chi connectivity index (χ1n) is 12.2. The van der Waals surface area contributed by atoms with Crippen molar-refractivity contribution in [3.8, 4) is 17.2 Å².